The molecule has 0 heterocycles. The SMILES string of the molecule is CCCC(C)(CNC(C)(C)C)Cc1c(C)cc(C)cc1C. The van der Waals surface area contributed by atoms with Gasteiger partial charge in [0.25, 0.3) is 0 Å². The summed E-state index contributed by atoms with van der Waals surface area (Å²) in [7, 11) is 0. The molecule has 0 fully saturated rings. The number of rotatable bonds is 6. The van der Waals surface area contributed by atoms with E-state index in [1.165, 1.54) is 36.0 Å². The molecule has 0 saturated carbocycles. The molecule has 120 valence electrons. The van der Waals surface area contributed by atoms with Crippen LogP contribution >= 0.6 is 0 Å². The lowest BCUT2D eigenvalue weighted by atomic mass is 9.77. The summed E-state index contributed by atoms with van der Waals surface area (Å²) in [6, 6.07) is 4.65. The molecular formula is C20H35N. The van der Waals surface area contributed by atoms with Gasteiger partial charge in [0.2, 0.25) is 0 Å². The van der Waals surface area contributed by atoms with E-state index in [1.54, 1.807) is 5.56 Å². The van der Waals surface area contributed by atoms with Crippen LogP contribution in [0.15, 0.2) is 12.1 Å². The highest BCUT2D eigenvalue weighted by Gasteiger charge is 2.27. The molecule has 0 aliphatic carbocycles. The number of benzene rings is 1. The maximum Gasteiger partial charge on any atom is 0.00967 e. The van der Waals surface area contributed by atoms with Crippen LogP contribution in [0.1, 0.15) is 69.7 Å². The minimum absolute atomic E-state index is 0.187. The van der Waals surface area contributed by atoms with Crippen LogP contribution in [0.5, 0.6) is 0 Å². The van der Waals surface area contributed by atoms with Crippen molar-refractivity contribution in [1.29, 1.82) is 0 Å². The number of hydrogen-bond donors (Lipinski definition) is 1. The average Bonchev–Trinajstić information content (AvgIpc) is 2.31. The van der Waals surface area contributed by atoms with Crippen molar-refractivity contribution < 1.29 is 0 Å². The summed E-state index contributed by atoms with van der Waals surface area (Å²) >= 11 is 0. The standard InChI is InChI=1S/C20H35N/c1-9-10-20(8,14-21-19(5,6)7)13-18-16(3)11-15(2)12-17(18)4/h11-12,21H,9-10,13-14H2,1-8H3. The monoisotopic (exact) mass is 289 g/mol. The van der Waals surface area contributed by atoms with E-state index in [4.69, 9.17) is 0 Å². The van der Waals surface area contributed by atoms with Crippen molar-refractivity contribution in [2.45, 2.75) is 80.2 Å². The summed E-state index contributed by atoms with van der Waals surface area (Å²) < 4.78 is 0. The van der Waals surface area contributed by atoms with E-state index in [0.29, 0.717) is 5.41 Å². The van der Waals surface area contributed by atoms with Crippen LogP contribution in [0, 0.1) is 26.2 Å². The van der Waals surface area contributed by atoms with Gasteiger partial charge in [0.1, 0.15) is 0 Å². The van der Waals surface area contributed by atoms with Gasteiger partial charge in [0.05, 0.1) is 0 Å². The molecule has 0 aliphatic rings. The maximum absolute atomic E-state index is 3.72. The predicted octanol–water partition coefficient (Wildman–Crippen LogP) is 5.35. The summed E-state index contributed by atoms with van der Waals surface area (Å²) in [6.07, 6.45) is 3.68. The summed E-state index contributed by atoms with van der Waals surface area (Å²) in [5, 5.41) is 3.72. The molecule has 0 bridgehead atoms. The van der Waals surface area contributed by atoms with E-state index in [-0.39, 0.29) is 5.54 Å². The molecule has 1 unspecified atom stereocenters. The van der Waals surface area contributed by atoms with Crippen molar-refractivity contribution in [1.82, 2.24) is 5.32 Å². The predicted molar refractivity (Wildman–Crippen MR) is 95.1 cm³/mol. The van der Waals surface area contributed by atoms with Crippen LogP contribution in [0.3, 0.4) is 0 Å². The number of aryl methyl sites for hydroxylation is 3. The third-order valence-corrected chi connectivity index (χ3v) is 4.34. The Morgan fingerprint density at radius 3 is 1.90 bits per heavy atom. The van der Waals surface area contributed by atoms with E-state index in [0.717, 1.165) is 6.54 Å². The molecule has 1 atom stereocenters. The lowest BCUT2D eigenvalue weighted by Crippen LogP contribution is -2.43. The molecule has 0 aromatic heterocycles. The molecular weight excluding hydrogens is 254 g/mol. The number of hydrogen-bond acceptors (Lipinski definition) is 1. The Bertz CT molecular complexity index is 444. The molecule has 1 N–H and O–H groups in total. The molecule has 21 heavy (non-hydrogen) atoms. The van der Waals surface area contributed by atoms with Crippen LogP contribution in [0.25, 0.3) is 0 Å². The molecule has 1 aromatic rings. The molecule has 0 amide bonds. The van der Waals surface area contributed by atoms with E-state index >= 15 is 0 Å². The second-order valence-electron chi connectivity index (χ2n) is 8.22. The van der Waals surface area contributed by atoms with E-state index < -0.39 is 0 Å². The van der Waals surface area contributed by atoms with Crippen LogP contribution in [-0.2, 0) is 6.42 Å². The smallest absolute Gasteiger partial charge is 0.00967 e. The Hall–Kier alpha value is -0.820. The van der Waals surface area contributed by atoms with Gasteiger partial charge in [-0.1, -0.05) is 38.0 Å². The Morgan fingerprint density at radius 1 is 0.952 bits per heavy atom. The van der Waals surface area contributed by atoms with Gasteiger partial charge in [0.15, 0.2) is 0 Å². The normalized spacial score (nSPS) is 15.0. The van der Waals surface area contributed by atoms with Crippen molar-refractivity contribution in [3.05, 3.63) is 34.4 Å². The van der Waals surface area contributed by atoms with E-state index in [1.807, 2.05) is 0 Å². The first kappa shape index (κ1) is 18.2. The van der Waals surface area contributed by atoms with Gasteiger partial charge in [0, 0.05) is 12.1 Å². The quantitative estimate of drug-likeness (QED) is 0.744. The largest absolute Gasteiger partial charge is 0.312 e. The van der Waals surface area contributed by atoms with Crippen molar-refractivity contribution in [3.63, 3.8) is 0 Å². The second kappa shape index (κ2) is 6.96. The van der Waals surface area contributed by atoms with E-state index in [9.17, 15) is 0 Å². The minimum Gasteiger partial charge on any atom is -0.312 e. The fourth-order valence-corrected chi connectivity index (χ4v) is 3.24. The van der Waals surface area contributed by atoms with Crippen LogP contribution < -0.4 is 5.32 Å². The molecule has 1 rings (SSSR count). The van der Waals surface area contributed by atoms with Crippen molar-refractivity contribution in [2.24, 2.45) is 5.41 Å². The van der Waals surface area contributed by atoms with Crippen LogP contribution in [-0.4, -0.2) is 12.1 Å². The highest BCUT2D eigenvalue weighted by molar-refractivity contribution is 5.38. The molecule has 0 saturated heterocycles. The van der Waals surface area contributed by atoms with Gasteiger partial charge in [-0.15, -0.1) is 0 Å². The Labute approximate surface area is 132 Å². The Kier molecular flexibility index (Phi) is 6.04. The zero-order valence-corrected chi connectivity index (χ0v) is 15.5. The Balaban J connectivity index is 2.97. The topological polar surface area (TPSA) is 12.0 Å². The highest BCUT2D eigenvalue weighted by atomic mass is 15.0. The first-order chi connectivity index (χ1) is 9.56. The Morgan fingerprint density at radius 2 is 1.48 bits per heavy atom. The van der Waals surface area contributed by atoms with Gasteiger partial charge in [-0.05, 0) is 76.5 Å². The highest BCUT2D eigenvalue weighted by Crippen LogP contribution is 2.31. The molecule has 1 heteroatoms. The molecule has 1 aromatic carbocycles. The van der Waals surface area contributed by atoms with Gasteiger partial charge >= 0.3 is 0 Å². The molecule has 0 aliphatic heterocycles. The second-order valence-corrected chi connectivity index (χ2v) is 8.22. The average molecular weight is 290 g/mol. The van der Waals surface area contributed by atoms with Gasteiger partial charge in [-0.25, -0.2) is 0 Å². The summed E-state index contributed by atoms with van der Waals surface area (Å²) in [6.45, 7) is 19.3. The van der Waals surface area contributed by atoms with Crippen molar-refractivity contribution in [2.75, 3.05) is 6.54 Å². The fourth-order valence-electron chi connectivity index (χ4n) is 3.24. The summed E-state index contributed by atoms with van der Waals surface area (Å²) in [4.78, 5) is 0. The van der Waals surface area contributed by atoms with Gasteiger partial charge in [-0.3, -0.25) is 0 Å². The van der Waals surface area contributed by atoms with Crippen molar-refractivity contribution in [3.8, 4) is 0 Å². The number of nitrogens with one attached hydrogen (secondary N) is 1. The molecule has 0 radical (unpaired) electrons. The van der Waals surface area contributed by atoms with E-state index in [2.05, 4.69) is 72.8 Å². The van der Waals surface area contributed by atoms with Crippen molar-refractivity contribution >= 4 is 0 Å². The van der Waals surface area contributed by atoms with Crippen LogP contribution in [0.4, 0.5) is 0 Å². The zero-order valence-electron chi connectivity index (χ0n) is 15.5. The first-order valence-electron chi connectivity index (χ1n) is 8.38. The lowest BCUT2D eigenvalue weighted by Gasteiger charge is -2.35. The first-order valence-corrected chi connectivity index (χ1v) is 8.38. The lowest BCUT2D eigenvalue weighted by molar-refractivity contribution is 0.243. The fraction of sp³-hybridized carbons (Fsp3) is 0.700. The van der Waals surface area contributed by atoms with Gasteiger partial charge < -0.3 is 5.32 Å². The summed E-state index contributed by atoms with van der Waals surface area (Å²) in [5.74, 6) is 0. The molecule has 1 nitrogen and oxygen atoms in total. The third-order valence-electron chi connectivity index (χ3n) is 4.34. The summed E-state index contributed by atoms with van der Waals surface area (Å²) in [5.41, 5.74) is 6.33. The van der Waals surface area contributed by atoms with Crippen LogP contribution in [0.2, 0.25) is 0 Å². The van der Waals surface area contributed by atoms with Gasteiger partial charge in [-0.2, -0.15) is 0 Å². The zero-order chi connectivity index (χ0) is 16.3. The maximum atomic E-state index is 3.72. The minimum atomic E-state index is 0.187. The molecule has 0 spiro atoms. The third kappa shape index (κ3) is 5.82.